The highest BCUT2D eigenvalue weighted by atomic mass is 35.5. The van der Waals surface area contributed by atoms with E-state index in [4.69, 9.17) is 22.1 Å². The number of primary amides is 1. The highest BCUT2D eigenvalue weighted by Crippen LogP contribution is 2.30. The molecule has 0 bridgehead atoms. The first-order chi connectivity index (χ1) is 10.1. The fraction of sp³-hybridized carbons (Fsp3) is 0.533. The fourth-order valence-electron chi connectivity index (χ4n) is 2.51. The summed E-state index contributed by atoms with van der Waals surface area (Å²) in [4.78, 5) is 13.6. The highest BCUT2D eigenvalue weighted by molar-refractivity contribution is 6.31. The number of ether oxygens (including phenoxy) is 1. The minimum Gasteiger partial charge on any atom is -0.377 e. The van der Waals surface area contributed by atoms with Crippen LogP contribution < -0.4 is 16.0 Å². The van der Waals surface area contributed by atoms with E-state index in [1.165, 1.54) is 0 Å². The summed E-state index contributed by atoms with van der Waals surface area (Å²) in [7, 11) is 0. The van der Waals surface area contributed by atoms with Crippen LogP contribution in [0.2, 0.25) is 5.02 Å². The Bertz CT molecular complexity index is 496. The summed E-state index contributed by atoms with van der Waals surface area (Å²) in [5.74, 6) is -0.373. The van der Waals surface area contributed by atoms with Crippen molar-refractivity contribution in [2.24, 2.45) is 5.73 Å². The Morgan fingerprint density at radius 1 is 1.57 bits per heavy atom. The zero-order valence-corrected chi connectivity index (χ0v) is 13.0. The van der Waals surface area contributed by atoms with Crippen molar-refractivity contribution in [3.05, 3.63) is 28.8 Å². The minimum atomic E-state index is -0.442. The van der Waals surface area contributed by atoms with Gasteiger partial charge in [0.15, 0.2) is 0 Å². The molecule has 3 N–H and O–H groups in total. The van der Waals surface area contributed by atoms with Crippen LogP contribution in [0.4, 0.5) is 5.69 Å². The van der Waals surface area contributed by atoms with Crippen molar-refractivity contribution in [2.45, 2.75) is 25.9 Å². The number of hydrogen-bond donors (Lipinski definition) is 2. The fourth-order valence-corrected chi connectivity index (χ4v) is 2.75. The van der Waals surface area contributed by atoms with Gasteiger partial charge in [-0.2, -0.15) is 0 Å². The van der Waals surface area contributed by atoms with E-state index >= 15 is 0 Å². The molecule has 2 rings (SSSR count). The Labute approximate surface area is 130 Å². The Hall–Kier alpha value is -1.30. The van der Waals surface area contributed by atoms with E-state index in [2.05, 4.69) is 12.2 Å². The number of amides is 1. The Balaban J connectivity index is 2.28. The van der Waals surface area contributed by atoms with Crippen molar-refractivity contribution in [2.75, 3.05) is 31.2 Å². The summed E-state index contributed by atoms with van der Waals surface area (Å²) >= 11 is 6.34. The second-order valence-corrected chi connectivity index (χ2v) is 5.51. The van der Waals surface area contributed by atoms with E-state index in [0.29, 0.717) is 31.3 Å². The number of nitrogens with one attached hydrogen (secondary N) is 1. The van der Waals surface area contributed by atoms with Crippen LogP contribution in [-0.2, 0) is 16.1 Å². The summed E-state index contributed by atoms with van der Waals surface area (Å²) < 4.78 is 5.37. The third kappa shape index (κ3) is 3.87. The van der Waals surface area contributed by atoms with Crippen molar-refractivity contribution >= 4 is 23.2 Å². The lowest BCUT2D eigenvalue weighted by Crippen LogP contribution is -2.53. The maximum absolute atomic E-state index is 11.6. The van der Waals surface area contributed by atoms with Crippen LogP contribution >= 0.6 is 11.6 Å². The van der Waals surface area contributed by atoms with Gasteiger partial charge in [-0.3, -0.25) is 4.79 Å². The van der Waals surface area contributed by atoms with Gasteiger partial charge < -0.3 is 20.7 Å². The molecule has 0 aromatic heterocycles. The van der Waals surface area contributed by atoms with Crippen LogP contribution in [0.3, 0.4) is 0 Å². The zero-order valence-electron chi connectivity index (χ0n) is 12.3. The summed E-state index contributed by atoms with van der Waals surface area (Å²) in [6.07, 6.45) is 1.06. The molecule has 116 valence electrons. The first-order valence-corrected chi connectivity index (χ1v) is 7.64. The van der Waals surface area contributed by atoms with Crippen LogP contribution in [-0.4, -0.2) is 38.3 Å². The summed E-state index contributed by atoms with van der Waals surface area (Å²) in [5.41, 5.74) is 7.45. The van der Waals surface area contributed by atoms with Gasteiger partial charge in [0.05, 0.1) is 13.2 Å². The predicted octanol–water partition coefficient (Wildman–Crippen LogP) is 1.53. The molecule has 0 spiro atoms. The normalized spacial score (nSPS) is 18.8. The number of benzene rings is 1. The van der Waals surface area contributed by atoms with Crippen molar-refractivity contribution < 1.29 is 9.53 Å². The lowest BCUT2D eigenvalue weighted by Gasteiger charge is -2.36. The largest absolute Gasteiger partial charge is 0.377 e. The molecule has 0 saturated carbocycles. The molecule has 1 atom stereocenters. The van der Waals surface area contributed by atoms with Gasteiger partial charge in [-0.15, -0.1) is 0 Å². The Kier molecular flexibility index (Phi) is 5.85. The van der Waals surface area contributed by atoms with E-state index in [9.17, 15) is 4.79 Å². The average molecular weight is 312 g/mol. The van der Waals surface area contributed by atoms with E-state index in [1.807, 2.05) is 23.1 Å². The number of morpholine rings is 1. The molecule has 5 nitrogen and oxygen atoms in total. The van der Waals surface area contributed by atoms with E-state index < -0.39 is 6.04 Å². The van der Waals surface area contributed by atoms with Gasteiger partial charge in [0.2, 0.25) is 5.91 Å². The van der Waals surface area contributed by atoms with Crippen molar-refractivity contribution in [3.8, 4) is 0 Å². The number of carbonyl (C=O) groups excluding carboxylic acids is 1. The van der Waals surface area contributed by atoms with Crippen LogP contribution in [0.5, 0.6) is 0 Å². The third-order valence-corrected chi connectivity index (χ3v) is 3.94. The highest BCUT2D eigenvalue weighted by Gasteiger charge is 2.29. The molecule has 6 heteroatoms. The smallest absolute Gasteiger partial charge is 0.242 e. The second kappa shape index (κ2) is 7.64. The molecular weight excluding hydrogens is 290 g/mol. The maximum atomic E-state index is 11.6. The number of anilines is 1. The lowest BCUT2D eigenvalue weighted by atomic mass is 10.1. The molecule has 21 heavy (non-hydrogen) atoms. The van der Waals surface area contributed by atoms with E-state index in [0.717, 1.165) is 24.2 Å². The number of nitrogens with zero attached hydrogens (tertiary/aromatic N) is 1. The van der Waals surface area contributed by atoms with Crippen LogP contribution in [0, 0.1) is 0 Å². The van der Waals surface area contributed by atoms with Crippen LogP contribution in [0.15, 0.2) is 18.2 Å². The molecule has 1 aliphatic heterocycles. The first-order valence-electron chi connectivity index (χ1n) is 7.27. The quantitative estimate of drug-likeness (QED) is 0.782. The molecule has 1 fully saturated rings. The number of halogens is 1. The van der Waals surface area contributed by atoms with Crippen LogP contribution in [0.25, 0.3) is 0 Å². The number of nitrogens with two attached hydrogens (primary N) is 1. The van der Waals surface area contributed by atoms with Gasteiger partial charge in [0.1, 0.15) is 6.04 Å². The van der Waals surface area contributed by atoms with E-state index in [-0.39, 0.29) is 5.91 Å². The van der Waals surface area contributed by atoms with Gasteiger partial charge in [0.25, 0.3) is 0 Å². The summed E-state index contributed by atoms with van der Waals surface area (Å²) in [6.45, 7) is 5.25. The SMILES string of the molecule is CCCNCc1c(Cl)cccc1N1CCOCC1C(N)=O. The van der Waals surface area contributed by atoms with Crippen molar-refractivity contribution in [1.82, 2.24) is 5.32 Å². The van der Waals surface area contributed by atoms with Gasteiger partial charge in [-0.05, 0) is 25.1 Å². The maximum Gasteiger partial charge on any atom is 0.242 e. The molecule has 0 aliphatic carbocycles. The topological polar surface area (TPSA) is 67.6 Å². The number of rotatable bonds is 6. The van der Waals surface area contributed by atoms with Gasteiger partial charge in [-0.1, -0.05) is 24.6 Å². The molecule has 1 heterocycles. The Morgan fingerprint density at radius 3 is 3.10 bits per heavy atom. The molecule has 1 unspecified atom stereocenters. The van der Waals surface area contributed by atoms with Crippen LogP contribution in [0.1, 0.15) is 18.9 Å². The monoisotopic (exact) mass is 311 g/mol. The second-order valence-electron chi connectivity index (χ2n) is 5.10. The number of carbonyl (C=O) groups is 1. The zero-order chi connectivity index (χ0) is 15.2. The summed E-state index contributed by atoms with van der Waals surface area (Å²) in [5, 5.41) is 4.06. The van der Waals surface area contributed by atoms with Crippen molar-refractivity contribution in [1.29, 1.82) is 0 Å². The summed E-state index contributed by atoms with van der Waals surface area (Å²) in [6, 6.07) is 5.31. The number of hydrogen-bond acceptors (Lipinski definition) is 4. The molecular formula is C15H22ClN3O2. The third-order valence-electron chi connectivity index (χ3n) is 3.59. The predicted molar refractivity (Wildman–Crippen MR) is 84.6 cm³/mol. The lowest BCUT2D eigenvalue weighted by molar-refractivity contribution is -0.121. The standard InChI is InChI=1S/C15H22ClN3O2/c1-2-6-18-9-11-12(16)4-3-5-13(11)19-7-8-21-10-14(19)15(17)20/h3-5,14,18H,2,6-10H2,1H3,(H2,17,20). The van der Waals surface area contributed by atoms with Gasteiger partial charge in [0, 0.05) is 29.4 Å². The molecule has 1 aromatic rings. The average Bonchev–Trinajstić information content (AvgIpc) is 2.49. The minimum absolute atomic E-state index is 0.323. The Morgan fingerprint density at radius 2 is 2.38 bits per heavy atom. The molecule has 1 saturated heterocycles. The molecule has 0 radical (unpaired) electrons. The first kappa shape index (κ1) is 16.1. The van der Waals surface area contributed by atoms with Gasteiger partial charge >= 0.3 is 0 Å². The van der Waals surface area contributed by atoms with Crippen molar-refractivity contribution in [3.63, 3.8) is 0 Å². The molecule has 1 amide bonds. The van der Waals surface area contributed by atoms with E-state index in [1.54, 1.807) is 0 Å². The molecule has 1 aromatic carbocycles. The molecule has 1 aliphatic rings. The van der Waals surface area contributed by atoms with Gasteiger partial charge in [-0.25, -0.2) is 0 Å².